The second-order valence-corrected chi connectivity index (χ2v) is 26.2. The van der Waals surface area contributed by atoms with Gasteiger partial charge < -0.3 is 33.3 Å². The minimum Gasteiger partial charge on any atom is -0.545 e. The number of carbonyl (C=O) groups is 3. The first-order valence-corrected chi connectivity index (χ1v) is 37.1. The van der Waals surface area contributed by atoms with E-state index in [1.807, 2.05) is 21.1 Å². The first-order chi connectivity index (χ1) is 42.6. The van der Waals surface area contributed by atoms with Gasteiger partial charge in [0.25, 0.3) is 0 Å². The molecule has 0 aromatic heterocycles. The molecule has 0 saturated heterocycles. The second-order valence-electron chi connectivity index (χ2n) is 26.2. The fourth-order valence-corrected chi connectivity index (χ4v) is 10.8. The minimum atomic E-state index is -1.63. The van der Waals surface area contributed by atoms with Crippen LogP contribution in [0.1, 0.15) is 348 Å². The third-order valence-electron chi connectivity index (χ3n) is 16.4. The summed E-state index contributed by atoms with van der Waals surface area (Å²) in [5, 5.41) is 11.8. The fourth-order valence-electron chi connectivity index (χ4n) is 10.8. The molecular formula is C78H141NO8. The Kier molecular flexibility index (Phi) is 66.1. The van der Waals surface area contributed by atoms with Crippen molar-refractivity contribution in [1.29, 1.82) is 0 Å². The molecular weight excluding hydrogens is 1080 g/mol. The van der Waals surface area contributed by atoms with Crippen molar-refractivity contribution in [1.82, 2.24) is 0 Å². The van der Waals surface area contributed by atoms with E-state index < -0.39 is 24.3 Å². The average Bonchev–Trinajstić information content (AvgIpc) is 3.57. The van der Waals surface area contributed by atoms with Crippen LogP contribution in [0.5, 0.6) is 0 Å². The molecule has 0 saturated carbocycles. The van der Waals surface area contributed by atoms with Gasteiger partial charge in [0.2, 0.25) is 0 Å². The van der Waals surface area contributed by atoms with Crippen LogP contribution in [0.3, 0.4) is 0 Å². The van der Waals surface area contributed by atoms with E-state index in [1.165, 1.54) is 238 Å². The van der Waals surface area contributed by atoms with Crippen LogP contribution < -0.4 is 5.11 Å². The van der Waals surface area contributed by atoms with E-state index in [2.05, 4.69) is 86.8 Å². The number of carboxylic acid groups (broad SMARTS) is 1. The van der Waals surface area contributed by atoms with Gasteiger partial charge in [0.05, 0.1) is 40.3 Å². The van der Waals surface area contributed by atoms with Crippen LogP contribution in [0, 0.1) is 0 Å². The smallest absolute Gasteiger partial charge is 0.306 e. The van der Waals surface area contributed by atoms with Gasteiger partial charge in [-0.05, 0) is 83.5 Å². The van der Waals surface area contributed by atoms with E-state index in [1.54, 1.807) is 0 Å². The molecule has 0 aliphatic carbocycles. The van der Waals surface area contributed by atoms with Gasteiger partial charge >= 0.3 is 11.9 Å². The number of carbonyl (C=O) groups excluding carboxylic acids is 3. The molecule has 2 unspecified atom stereocenters. The quantitative estimate of drug-likeness (QED) is 0.0195. The number of likely N-dealkylation sites (N-methyl/N-ethyl adjacent to an activating group) is 1. The van der Waals surface area contributed by atoms with Crippen molar-refractivity contribution in [2.24, 2.45) is 0 Å². The van der Waals surface area contributed by atoms with Crippen molar-refractivity contribution < 1.29 is 42.9 Å². The topological polar surface area (TPSA) is 111 Å². The highest BCUT2D eigenvalue weighted by Crippen LogP contribution is 2.19. The molecule has 0 bridgehead atoms. The van der Waals surface area contributed by atoms with Crippen LogP contribution >= 0.6 is 0 Å². The number of quaternary nitrogens is 1. The van der Waals surface area contributed by atoms with Crippen molar-refractivity contribution >= 4 is 17.9 Å². The van der Waals surface area contributed by atoms with Crippen molar-refractivity contribution in [3.05, 3.63) is 72.9 Å². The second kappa shape index (κ2) is 68.6. The number of unbranched alkanes of at least 4 members (excludes halogenated alkanes) is 42. The summed E-state index contributed by atoms with van der Waals surface area (Å²) in [5.41, 5.74) is 0. The molecule has 0 rings (SSSR count). The summed E-state index contributed by atoms with van der Waals surface area (Å²) < 4.78 is 22.8. The summed E-state index contributed by atoms with van der Waals surface area (Å²) in [6.45, 7) is 4.65. The average molecular weight is 1220 g/mol. The Hall–Kier alpha value is -3.27. The minimum absolute atomic E-state index is 0.145. The van der Waals surface area contributed by atoms with Crippen LogP contribution in [0.2, 0.25) is 0 Å². The van der Waals surface area contributed by atoms with E-state index in [9.17, 15) is 19.5 Å². The van der Waals surface area contributed by atoms with Crippen molar-refractivity contribution in [2.75, 3.05) is 47.5 Å². The number of aliphatic carboxylic acids is 1. The summed E-state index contributed by atoms with van der Waals surface area (Å²) in [6, 6.07) is 0. The molecule has 0 heterocycles. The lowest BCUT2D eigenvalue weighted by Gasteiger charge is -2.26. The lowest BCUT2D eigenvalue weighted by molar-refractivity contribution is -0.870. The molecule has 0 aromatic carbocycles. The number of allylic oxidation sites excluding steroid dienone is 12. The molecule has 9 nitrogen and oxygen atoms in total. The number of hydrogen-bond donors (Lipinski definition) is 0. The van der Waals surface area contributed by atoms with E-state index >= 15 is 0 Å². The summed E-state index contributed by atoms with van der Waals surface area (Å²) in [7, 11) is 5.93. The van der Waals surface area contributed by atoms with E-state index in [4.69, 9.17) is 18.9 Å². The zero-order valence-corrected chi connectivity index (χ0v) is 57.9. The molecule has 9 heteroatoms. The summed E-state index contributed by atoms with van der Waals surface area (Å²) in [4.78, 5) is 37.5. The number of rotatable bonds is 69. The summed E-state index contributed by atoms with van der Waals surface area (Å²) in [6.07, 6.45) is 88.8. The van der Waals surface area contributed by atoms with Crippen LogP contribution in [0.25, 0.3) is 0 Å². The zero-order valence-electron chi connectivity index (χ0n) is 57.9. The molecule has 87 heavy (non-hydrogen) atoms. The predicted octanol–water partition coefficient (Wildman–Crippen LogP) is 21.9. The van der Waals surface area contributed by atoms with Gasteiger partial charge in [-0.3, -0.25) is 9.59 Å². The summed E-state index contributed by atoms with van der Waals surface area (Å²) >= 11 is 0. The van der Waals surface area contributed by atoms with Gasteiger partial charge in [0.15, 0.2) is 12.4 Å². The Balaban J connectivity index is 3.94. The van der Waals surface area contributed by atoms with Gasteiger partial charge in [-0.25, -0.2) is 0 Å². The number of ether oxygens (including phenoxy) is 4. The Labute approximate surface area is 538 Å². The normalized spacial score (nSPS) is 13.1. The molecule has 2 atom stereocenters. The van der Waals surface area contributed by atoms with Gasteiger partial charge in [0, 0.05) is 12.8 Å². The zero-order chi connectivity index (χ0) is 63.3. The van der Waals surface area contributed by atoms with Gasteiger partial charge in [-0.15, -0.1) is 0 Å². The molecule has 0 amide bonds. The SMILES string of the molecule is CC/C=C\C/C=C\C/C=C\C/C=C\CCCCCCCCCCC(=O)OC(COC(=O)CCCCCCCCCCCCCCCCCCCCCCCCCCCCCCC/C=C\C/C=C\CCCCCCC)COC(OCC[N+](C)(C)C)C(=O)[O-]. The van der Waals surface area contributed by atoms with Crippen LogP contribution in [-0.4, -0.2) is 82.3 Å². The van der Waals surface area contributed by atoms with Crippen molar-refractivity contribution in [3.8, 4) is 0 Å². The highest BCUT2D eigenvalue weighted by atomic mass is 16.7. The first kappa shape index (κ1) is 83.7. The predicted molar refractivity (Wildman–Crippen MR) is 371 cm³/mol. The largest absolute Gasteiger partial charge is 0.545 e. The van der Waals surface area contributed by atoms with Crippen molar-refractivity contribution in [2.45, 2.75) is 360 Å². The maximum absolute atomic E-state index is 12.9. The van der Waals surface area contributed by atoms with E-state index in [0.29, 0.717) is 23.9 Å². The maximum Gasteiger partial charge on any atom is 0.306 e. The Bertz CT molecular complexity index is 1660. The van der Waals surface area contributed by atoms with E-state index in [0.717, 1.165) is 77.0 Å². The molecule has 0 aliphatic rings. The van der Waals surface area contributed by atoms with Gasteiger partial charge in [-0.1, -0.05) is 324 Å². The maximum atomic E-state index is 12.9. The third kappa shape index (κ3) is 70.1. The molecule has 0 aromatic rings. The Morgan fingerprint density at radius 3 is 0.977 bits per heavy atom. The van der Waals surface area contributed by atoms with E-state index in [-0.39, 0.29) is 32.2 Å². The molecule has 0 aliphatic heterocycles. The lowest BCUT2D eigenvalue weighted by Crippen LogP contribution is -2.44. The molecule has 0 radical (unpaired) electrons. The fraction of sp³-hybridized carbons (Fsp3) is 0.808. The van der Waals surface area contributed by atoms with Crippen molar-refractivity contribution in [3.63, 3.8) is 0 Å². The highest BCUT2D eigenvalue weighted by Gasteiger charge is 2.22. The highest BCUT2D eigenvalue weighted by molar-refractivity contribution is 5.70. The van der Waals surface area contributed by atoms with Gasteiger partial charge in [-0.2, -0.15) is 0 Å². The monoisotopic (exact) mass is 1220 g/mol. The molecule has 0 spiro atoms. The summed E-state index contributed by atoms with van der Waals surface area (Å²) in [5.74, 6) is -2.28. The molecule has 506 valence electrons. The molecule has 0 N–H and O–H groups in total. The Morgan fingerprint density at radius 1 is 0.356 bits per heavy atom. The number of hydrogen-bond acceptors (Lipinski definition) is 8. The third-order valence-corrected chi connectivity index (χ3v) is 16.4. The lowest BCUT2D eigenvalue weighted by atomic mass is 10.0. The Morgan fingerprint density at radius 2 is 0.655 bits per heavy atom. The standard InChI is InChI=1S/C78H141NO8/c1-6-8-10-12-14-16-18-20-22-24-26-28-29-30-31-32-33-34-35-36-37-38-39-40-41-42-43-44-45-46-47-49-50-52-54-56-58-60-62-64-66-68-75(80)85-72-74(73-86-78(77(82)83)84-71-70-79(3,4)5)87-76(81)69-67-65-63-61-59-57-55-53-51-48-27-25-23-21-19-17-15-13-11-9-7-2/h9,11,15,17-18,20-21,23-24,26-27,48,74,78H,6-8,10,12-14,16,19,22,25,28-47,49-73H2,1-5H3/b11-9-,17-15-,20-18-,23-21-,26-24-,48-27-. The number of carboxylic acids is 1. The number of esters is 2. The van der Waals surface area contributed by atoms with Crippen LogP contribution in [0.15, 0.2) is 72.9 Å². The van der Waals surface area contributed by atoms with Crippen LogP contribution in [0.4, 0.5) is 0 Å². The number of nitrogens with zero attached hydrogens (tertiary/aromatic N) is 1. The first-order valence-electron chi connectivity index (χ1n) is 37.1. The molecule has 0 fully saturated rings. The van der Waals surface area contributed by atoms with Gasteiger partial charge in [0.1, 0.15) is 13.2 Å². The van der Waals surface area contributed by atoms with Crippen LogP contribution in [-0.2, 0) is 33.3 Å².